The third-order valence-electron chi connectivity index (χ3n) is 3.54. The van der Waals surface area contributed by atoms with Gasteiger partial charge in [-0.05, 0) is 45.4 Å². The first-order valence-electron chi connectivity index (χ1n) is 7.28. The largest absolute Gasteiger partial charge is 0.347 e. The van der Waals surface area contributed by atoms with Crippen molar-refractivity contribution >= 4 is 25.6 Å². The fourth-order valence-corrected chi connectivity index (χ4v) is 6.83. The topological polar surface area (TPSA) is 97.4 Å². The summed E-state index contributed by atoms with van der Waals surface area (Å²) in [6, 6.07) is 5.73. The molecule has 0 aromatic heterocycles. The Hall–Kier alpha value is -1.41. The van der Waals surface area contributed by atoms with E-state index >= 15 is 0 Å². The molecular formula is C15H21NO5S2. The molecule has 1 aliphatic rings. The van der Waals surface area contributed by atoms with Gasteiger partial charge in [0.2, 0.25) is 0 Å². The van der Waals surface area contributed by atoms with Gasteiger partial charge in [0.05, 0.1) is 21.7 Å². The molecule has 1 aliphatic heterocycles. The lowest BCUT2D eigenvalue weighted by Crippen LogP contribution is -2.40. The zero-order valence-electron chi connectivity index (χ0n) is 13.4. The van der Waals surface area contributed by atoms with Gasteiger partial charge in [-0.1, -0.05) is 6.07 Å². The summed E-state index contributed by atoms with van der Waals surface area (Å²) in [5, 5.41) is 1.83. The van der Waals surface area contributed by atoms with Gasteiger partial charge in [-0.25, -0.2) is 16.8 Å². The molecule has 1 N–H and O–H groups in total. The number of amides is 1. The Morgan fingerprint density at radius 1 is 1.26 bits per heavy atom. The summed E-state index contributed by atoms with van der Waals surface area (Å²) in [6.07, 6.45) is 0.100. The van der Waals surface area contributed by atoms with Gasteiger partial charge in [0, 0.05) is 11.1 Å². The van der Waals surface area contributed by atoms with E-state index in [9.17, 15) is 21.6 Å². The van der Waals surface area contributed by atoms with Crippen LogP contribution in [0.15, 0.2) is 29.2 Å². The minimum absolute atomic E-state index is 0.0128. The van der Waals surface area contributed by atoms with Crippen LogP contribution in [0.5, 0.6) is 0 Å². The van der Waals surface area contributed by atoms with E-state index in [4.69, 9.17) is 0 Å². The fourth-order valence-electron chi connectivity index (χ4n) is 2.43. The highest BCUT2D eigenvalue weighted by molar-refractivity contribution is 7.96. The first kappa shape index (κ1) is 17.9. The van der Waals surface area contributed by atoms with E-state index in [0.29, 0.717) is 0 Å². The predicted octanol–water partition coefficient (Wildman–Crippen LogP) is 1.18. The van der Waals surface area contributed by atoms with Gasteiger partial charge in [0.1, 0.15) is 0 Å². The molecule has 0 saturated carbocycles. The number of hydrogen-bond donors (Lipinski definition) is 1. The molecule has 23 heavy (non-hydrogen) atoms. The van der Waals surface area contributed by atoms with Crippen molar-refractivity contribution in [2.45, 2.75) is 42.9 Å². The summed E-state index contributed by atoms with van der Waals surface area (Å²) in [6.45, 7) is 5.48. The summed E-state index contributed by atoms with van der Waals surface area (Å²) in [5.41, 5.74) is -0.201. The van der Waals surface area contributed by atoms with Crippen molar-refractivity contribution in [2.75, 3.05) is 11.5 Å². The highest BCUT2D eigenvalue weighted by Gasteiger charge is 2.38. The van der Waals surface area contributed by atoms with Crippen LogP contribution in [0.1, 0.15) is 37.6 Å². The second-order valence-corrected chi connectivity index (χ2v) is 11.3. The Morgan fingerprint density at radius 2 is 1.91 bits per heavy atom. The number of nitrogens with one attached hydrogen (secondary N) is 1. The number of benzene rings is 1. The van der Waals surface area contributed by atoms with Crippen LogP contribution in [-0.4, -0.2) is 45.0 Å². The maximum absolute atomic E-state index is 12.6. The molecule has 0 radical (unpaired) electrons. The molecular weight excluding hydrogens is 338 g/mol. The van der Waals surface area contributed by atoms with Crippen LogP contribution in [0.4, 0.5) is 0 Å². The van der Waals surface area contributed by atoms with Crippen LogP contribution in [0.3, 0.4) is 0 Å². The van der Waals surface area contributed by atoms with E-state index in [1.165, 1.54) is 24.3 Å². The molecule has 6 nitrogen and oxygen atoms in total. The van der Waals surface area contributed by atoms with Gasteiger partial charge in [-0.2, -0.15) is 0 Å². The van der Waals surface area contributed by atoms with Crippen LogP contribution < -0.4 is 5.32 Å². The molecule has 0 aliphatic carbocycles. The Morgan fingerprint density at radius 3 is 2.43 bits per heavy atom. The van der Waals surface area contributed by atoms with Crippen molar-refractivity contribution in [1.82, 2.24) is 5.32 Å². The summed E-state index contributed by atoms with van der Waals surface area (Å²) in [4.78, 5) is 12.1. The van der Waals surface area contributed by atoms with Crippen molar-refractivity contribution in [2.24, 2.45) is 0 Å². The summed E-state index contributed by atoms with van der Waals surface area (Å²) >= 11 is 0. The smallest absolute Gasteiger partial charge is 0.251 e. The average Bonchev–Trinajstić information content (AvgIpc) is 2.78. The Labute approximate surface area is 137 Å². The second-order valence-electron chi connectivity index (χ2n) is 6.80. The van der Waals surface area contributed by atoms with Crippen molar-refractivity contribution in [1.29, 1.82) is 0 Å². The molecule has 1 saturated heterocycles. The van der Waals surface area contributed by atoms with Crippen molar-refractivity contribution in [3.63, 3.8) is 0 Å². The lowest BCUT2D eigenvalue weighted by Gasteiger charge is -2.20. The van der Waals surface area contributed by atoms with Gasteiger partial charge < -0.3 is 5.32 Å². The minimum Gasteiger partial charge on any atom is -0.347 e. The minimum atomic E-state index is -3.77. The normalized spacial score (nSPS) is 21.1. The third-order valence-corrected chi connectivity index (χ3v) is 7.71. The highest BCUT2D eigenvalue weighted by Crippen LogP contribution is 2.26. The van der Waals surface area contributed by atoms with E-state index in [1.807, 2.05) is 20.8 Å². The van der Waals surface area contributed by atoms with Crippen molar-refractivity contribution in [3.05, 3.63) is 29.8 Å². The lowest BCUT2D eigenvalue weighted by molar-refractivity contribution is 0.0919. The first-order chi connectivity index (χ1) is 10.4. The molecule has 8 heteroatoms. The molecule has 0 spiro atoms. The van der Waals surface area contributed by atoms with Crippen molar-refractivity contribution in [3.8, 4) is 0 Å². The molecule has 1 aromatic rings. The summed E-state index contributed by atoms with van der Waals surface area (Å²) in [5.74, 6) is -0.830. The molecule has 1 heterocycles. The van der Waals surface area contributed by atoms with E-state index in [-0.39, 0.29) is 34.3 Å². The van der Waals surface area contributed by atoms with Crippen LogP contribution in [0, 0.1) is 0 Å². The molecule has 0 bridgehead atoms. The molecule has 128 valence electrons. The predicted molar refractivity (Wildman–Crippen MR) is 87.9 cm³/mol. The van der Waals surface area contributed by atoms with Gasteiger partial charge in [0.15, 0.2) is 19.7 Å². The van der Waals surface area contributed by atoms with Gasteiger partial charge in [0.25, 0.3) is 5.91 Å². The standard InChI is InChI=1S/C15H21NO5S2/c1-15(2,3)16-14(17)11-5-4-6-12(9-11)23(20,21)13-7-8-22(18,19)10-13/h4-6,9,13H,7-8,10H2,1-3H3,(H,16,17). The third kappa shape index (κ3) is 4.32. The number of hydrogen-bond acceptors (Lipinski definition) is 5. The maximum atomic E-state index is 12.6. The molecule has 1 fully saturated rings. The Balaban J connectivity index is 2.31. The van der Waals surface area contributed by atoms with Gasteiger partial charge >= 0.3 is 0 Å². The number of rotatable bonds is 3. The molecule has 1 atom stereocenters. The quantitative estimate of drug-likeness (QED) is 0.874. The first-order valence-corrected chi connectivity index (χ1v) is 10.6. The molecule has 1 amide bonds. The zero-order chi connectivity index (χ0) is 17.5. The van der Waals surface area contributed by atoms with Crippen LogP contribution in [0.25, 0.3) is 0 Å². The lowest BCUT2D eigenvalue weighted by atomic mass is 10.1. The van der Waals surface area contributed by atoms with Crippen LogP contribution in [-0.2, 0) is 19.7 Å². The Kier molecular flexibility index (Phi) is 4.60. The maximum Gasteiger partial charge on any atom is 0.251 e. The molecule has 1 unspecified atom stereocenters. The van der Waals surface area contributed by atoms with E-state index in [0.717, 1.165) is 0 Å². The molecule has 2 rings (SSSR count). The fraction of sp³-hybridized carbons (Fsp3) is 0.533. The summed E-state index contributed by atoms with van der Waals surface area (Å²) in [7, 11) is -7.06. The SMILES string of the molecule is CC(C)(C)NC(=O)c1cccc(S(=O)(=O)C2CCS(=O)(=O)C2)c1. The van der Waals surface area contributed by atoms with Gasteiger partial charge in [-0.3, -0.25) is 4.79 Å². The van der Waals surface area contributed by atoms with E-state index < -0.39 is 30.5 Å². The Bertz CT molecular complexity index is 820. The monoisotopic (exact) mass is 359 g/mol. The number of carbonyl (C=O) groups is 1. The highest BCUT2D eigenvalue weighted by atomic mass is 32.2. The molecule has 1 aromatic carbocycles. The summed E-state index contributed by atoms with van der Waals surface area (Å²) < 4.78 is 48.2. The van der Waals surface area contributed by atoms with Crippen LogP contribution >= 0.6 is 0 Å². The zero-order valence-corrected chi connectivity index (χ0v) is 15.0. The van der Waals surface area contributed by atoms with Gasteiger partial charge in [-0.15, -0.1) is 0 Å². The second kappa shape index (κ2) is 5.90. The van der Waals surface area contributed by atoms with Crippen molar-refractivity contribution < 1.29 is 21.6 Å². The average molecular weight is 359 g/mol. The number of sulfone groups is 2. The van der Waals surface area contributed by atoms with E-state index in [1.54, 1.807) is 0 Å². The number of carbonyl (C=O) groups excluding carboxylic acids is 1. The van der Waals surface area contributed by atoms with E-state index in [2.05, 4.69) is 5.32 Å². The van der Waals surface area contributed by atoms with Crippen LogP contribution in [0.2, 0.25) is 0 Å².